The van der Waals surface area contributed by atoms with E-state index in [1.165, 1.54) is 22.6 Å². The Bertz CT molecular complexity index is 1100. The molecule has 5 rings (SSSR count). The summed E-state index contributed by atoms with van der Waals surface area (Å²) in [5.74, 6) is 0.0586. The van der Waals surface area contributed by atoms with Crippen LogP contribution >= 0.6 is 11.3 Å². The molecule has 0 radical (unpaired) electrons. The first-order valence-corrected chi connectivity index (χ1v) is 13.6. The van der Waals surface area contributed by atoms with Gasteiger partial charge in [-0.05, 0) is 68.4 Å². The smallest absolute Gasteiger partial charge is 0.258 e. The molecule has 3 amide bonds. The number of carbonyl (C=O) groups excluding carboxylic acids is 3. The van der Waals surface area contributed by atoms with Gasteiger partial charge in [-0.1, -0.05) is 19.3 Å². The van der Waals surface area contributed by atoms with Gasteiger partial charge < -0.3 is 20.3 Å². The van der Waals surface area contributed by atoms with Crippen molar-refractivity contribution < 1.29 is 19.1 Å². The molecule has 35 heavy (non-hydrogen) atoms. The van der Waals surface area contributed by atoms with E-state index in [0.717, 1.165) is 62.7 Å². The molecule has 1 unspecified atom stereocenters. The fraction of sp³-hybridized carbons (Fsp3) is 0.519. The van der Waals surface area contributed by atoms with E-state index in [4.69, 9.17) is 4.74 Å². The van der Waals surface area contributed by atoms with Crippen molar-refractivity contribution in [2.75, 3.05) is 24.3 Å². The van der Waals surface area contributed by atoms with Crippen LogP contribution in [-0.4, -0.2) is 42.3 Å². The first-order valence-electron chi connectivity index (χ1n) is 12.7. The summed E-state index contributed by atoms with van der Waals surface area (Å²) in [5, 5.41) is 6.65. The topological polar surface area (TPSA) is 87.7 Å². The number of carbonyl (C=O) groups is 3. The van der Waals surface area contributed by atoms with E-state index >= 15 is 0 Å². The predicted molar refractivity (Wildman–Crippen MR) is 137 cm³/mol. The van der Waals surface area contributed by atoms with Gasteiger partial charge in [0.15, 0.2) is 0 Å². The third kappa shape index (κ3) is 5.08. The second kappa shape index (κ2) is 10.4. The Hall–Kier alpha value is -2.87. The van der Waals surface area contributed by atoms with Crippen molar-refractivity contribution in [3.05, 3.63) is 40.3 Å². The van der Waals surface area contributed by atoms with Gasteiger partial charge in [0.05, 0.1) is 18.6 Å². The third-order valence-electron chi connectivity index (χ3n) is 7.53. The van der Waals surface area contributed by atoms with Crippen LogP contribution in [0.1, 0.15) is 72.2 Å². The van der Waals surface area contributed by atoms with E-state index in [-0.39, 0.29) is 36.1 Å². The van der Waals surface area contributed by atoms with Crippen molar-refractivity contribution in [2.24, 2.45) is 5.92 Å². The molecule has 1 aromatic carbocycles. The average molecular weight is 496 g/mol. The Labute approximate surface area is 210 Å². The van der Waals surface area contributed by atoms with Crippen LogP contribution in [0.2, 0.25) is 0 Å². The van der Waals surface area contributed by atoms with Crippen LogP contribution in [0.4, 0.5) is 10.7 Å². The largest absolute Gasteiger partial charge is 0.497 e. The normalized spacial score (nSPS) is 20.4. The molecule has 1 saturated heterocycles. The van der Waals surface area contributed by atoms with Gasteiger partial charge >= 0.3 is 0 Å². The van der Waals surface area contributed by atoms with Gasteiger partial charge in [0, 0.05) is 29.6 Å². The molecule has 7 nitrogen and oxygen atoms in total. The lowest BCUT2D eigenvalue weighted by Gasteiger charge is -2.31. The van der Waals surface area contributed by atoms with Crippen LogP contribution in [0, 0.1) is 5.92 Å². The van der Waals surface area contributed by atoms with Gasteiger partial charge in [0.2, 0.25) is 11.8 Å². The van der Waals surface area contributed by atoms with Gasteiger partial charge in [-0.3, -0.25) is 14.4 Å². The molecular weight excluding hydrogens is 462 g/mol. The second-order valence-electron chi connectivity index (χ2n) is 9.83. The highest BCUT2D eigenvalue weighted by Gasteiger charge is 2.39. The maximum atomic E-state index is 13.4. The summed E-state index contributed by atoms with van der Waals surface area (Å²) in [4.78, 5) is 42.5. The Morgan fingerprint density at radius 1 is 1.00 bits per heavy atom. The number of nitrogens with zero attached hydrogens (tertiary/aromatic N) is 1. The summed E-state index contributed by atoms with van der Waals surface area (Å²) in [6, 6.07) is 7.48. The number of ether oxygens (including phenoxy) is 1. The molecule has 3 aliphatic rings. The quantitative estimate of drug-likeness (QED) is 0.590. The maximum Gasteiger partial charge on any atom is 0.258 e. The maximum absolute atomic E-state index is 13.4. The zero-order valence-corrected chi connectivity index (χ0v) is 21.0. The van der Waals surface area contributed by atoms with Crippen LogP contribution in [-0.2, 0) is 22.4 Å². The predicted octanol–water partition coefficient (Wildman–Crippen LogP) is 5.01. The van der Waals surface area contributed by atoms with Gasteiger partial charge in [0.25, 0.3) is 5.91 Å². The standard InChI is InChI=1S/C27H33N3O4S/c1-34-20-13-11-18(12-14-20)28-26(33)24-21-9-5-6-10-22(21)35-27(24)29-25(32)17-15-23(31)30(16-17)19-7-3-2-4-8-19/h11-14,17,19H,2-10,15-16H2,1H3,(H,28,33)(H,29,32). The highest BCUT2D eigenvalue weighted by Crippen LogP contribution is 2.39. The van der Waals surface area contributed by atoms with Gasteiger partial charge in [-0.25, -0.2) is 0 Å². The Morgan fingerprint density at radius 2 is 1.74 bits per heavy atom. The van der Waals surface area contributed by atoms with Crippen molar-refractivity contribution in [1.82, 2.24) is 4.90 Å². The molecule has 2 fully saturated rings. The van der Waals surface area contributed by atoms with Crippen molar-refractivity contribution in [2.45, 2.75) is 70.3 Å². The number of nitrogens with one attached hydrogen (secondary N) is 2. The van der Waals surface area contributed by atoms with Crippen LogP contribution in [0.15, 0.2) is 24.3 Å². The van der Waals surface area contributed by atoms with Crippen molar-refractivity contribution in [3.8, 4) is 5.75 Å². The highest BCUT2D eigenvalue weighted by atomic mass is 32.1. The number of rotatable bonds is 6. The fourth-order valence-electron chi connectivity index (χ4n) is 5.63. The number of amides is 3. The number of anilines is 2. The molecule has 0 bridgehead atoms. The molecule has 2 heterocycles. The molecule has 2 N–H and O–H groups in total. The highest BCUT2D eigenvalue weighted by molar-refractivity contribution is 7.17. The summed E-state index contributed by atoms with van der Waals surface area (Å²) in [7, 11) is 1.60. The SMILES string of the molecule is COc1ccc(NC(=O)c2c(NC(=O)C3CC(=O)N(C4CCCCC4)C3)sc3c2CCCC3)cc1. The Morgan fingerprint density at radius 3 is 2.49 bits per heavy atom. The number of methoxy groups -OCH3 is 1. The third-order valence-corrected chi connectivity index (χ3v) is 8.73. The van der Waals surface area contributed by atoms with Gasteiger partial charge in [0.1, 0.15) is 10.8 Å². The summed E-state index contributed by atoms with van der Waals surface area (Å²) in [6.45, 7) is 0.480. The van der Waals surface area contributed by atoms with Gasteiger partial charge in [-0.2, -0.15) is 0 Å². The summed E-state index contributed by atoms with van der Waals surface area (Å²) < 4.78 is 5.20. The van der Waals surface area contributed by atoms with E-state index in [0.29, 0.717) is 22.8 Å². The Balaban J connectivity index is 1.33. The van der Waals surface area contributed by atoms with Crippen LogP contribution < -0.4 is 15.4 Å². The molecule has 1 aliphatic heterocycles. The number of thiophene rings is 1. The minimum atomic E-state index is -0.374. The number of hydrogen-bond donors (Lipinski definition) is 2. The number of likely N-dealkylation sites (tertiary alicyclic amines) is 1. The van der Waals surface area contributed by atoms with Gasteiger partial charge in [-0.15, -0.1) is 11.3 Å². The fourth-order valence-corrected chi connectivity index (χ4v) is 6.92. The molecule has 0 spiro atoms. The zero-order chi connectivity index (χ0) is 24.4. The monoisotopic (exact) mass is 495 g/mol. The number of benzene rings is 1. The molecule has 186 valence electrons. The van der Waals surface area contributed by atoms with Crippen molar-refractivity contribution >= 4 is 39.7 Å². The van der Waals surface area contributed by atoms with E-state index in [1.54, 1.807) is 31.4 Å². The molecular formula is C27H33N3O4S. The second-order valence-corrected chi connectivity index (χ2v) is 10.9. The molecule has 1 atom stereocenters. The van der Waals surface area contributed by atoms with E-state index < -0.39 is 0 Å². The summed E-state index contributed by atoms with van der Waals surface area (Å²) >= 11 is 1.51. The number of hydrogen-bond acceptors (Lipinski definition) is 5. The first-order chi connectivity index (χ1) is 17.0. The molecule has 2 aliphatic carbocycles. The number of aryl methyl sites for hydroxylation is 1. The molecule has 1 aromatic heterocycles. The van der Waals surface area contributed by atoms with Crippen molar-refractivity contribution in [1.29, 1.82) is 0 Å². The van der Waals surface area contributed by atoms with Crippen LogP contribution in [0.5, 0.6) is 5.75 Å². The van der Waals surface area contributed by atoms with E-state index in [1.807, 2.05) is 4.90 Å². The van der Waals surface area contributed by atoms with E-state index in [9.17, 15) is 14.4 Å². The lowest BCUT2D eigenvalue weighted by molar-refractivity contribution is -0.130. The summed E-state index contributed by atoms with van der Waals surface area (Å²) in [6.07, 6.45) is 9.74. The minimum Gasteiger partial charge on any atom is -0.497 e. The first kappa shape index (κ1) is 23.9. The zero-order valence-electron chi connectivity index (χ0n) is 20.2. The Kier molecular flexibility index (Phi) is 7.09. The van der Waals surface area contributed by atoms with Crippen molar-refractivity contribution in [3.63, 3.8) is 0 Å². The minimum absolute atomic E-state index is 0.0833. The van der Waals surface area contributed by atoms with E-state index in [2.05, 4.69) is 10.6 Å². The molecule has 2 aromatic rings. The molecule has 1 saturated carbocycles. The lowest BCUT2D eigenvalue weighted by Crippen LogP contribution is -2.38. The number of fused-ring (bicyclic) bond motifs is 1. The van der Waals surface area contributed by atoms with Crippen LogP contribution in [0.25, 0.3) is 0 Å². The lowest BCUT2D eigenvalue weighted by atomic mass is 9.94. The average Bonchev–Trinajstić information content (AvgIpc) is 3.45. The molecule has 8 heteroatoms. The summed E-state index contributed by atoms with van der Waals surface area (Å²) in [5.41, 5.74) is 2.30. The van der Waals surface area contributed by atoms with Crippen LogP contribution in [0.3, 0.4) is 0 Å².